The van der Waals surface area contributed by atoms with Crippen LogP contribution in [0.25, 0.3) is 0 Å². The lowest BCUT2D eigenvalue weighted by molar-refractivity contribution is -0.143. The van der Waals surface area contributed by atoms with Gasteiger partial charge in [-0.15, -0.1) is 0 Å². The Labute approximate surface area is 167 Å². The normalized spacial score (nSPS) is 12.3. The molecule has 4 nitrogen and oxygen atoms in total. The highest BCUT2D eigenvalue weighted by Crippen LogP contribution is 2.23. The van der Waals surface area contributed by atoms with Crippen LogP contribution in [0.1, 0.15) is 99.3 Å². The molecule has 0 saturated carbocycles. The first-order valence-electron chi connectivity index (χ1n) is 10.9. The van der Waals surface area contributed by atoms with E-state index < -0.39 is 0 Å². The van der Waals surface area contributed by atoms with Crippen molar-refractivity contribution < 1.29 is 19.1 Å². The van der Waals surface area contributed by atoms with Gasteiger partial charge in [0.25, 0.3) is 0 Å². The summed E-state index contributed by atoms with van der Waals surface area (Å²) in [6.45, 7) is 13.1. The quantitative estimate of drug-likeness (QED) is 0.191. The van der Waals surface area contributed by atoms with Gasteiger partial charge in [0.2, 0.25) is 0 Å². The zero-order valence-electron chi connectivity index (χ0n) is 18.6. The topological polar surface area (TPSA) is 52.6 Å². The van der Waals surface area contributed by atoms with Crippen LogP contribution in [0.5, 0.6) is 0 Å². The number of unbranched alkanes of at least 4 members (excludes halogenated alkanes) is 5. The zero-order valence-corrected chi connectivity index (χ0v) is 18.6. The fraction of sp³-hybridized carbons (Fsp3) is 0.826. The predicted molar refractivity (Wildman–Crippen MR) is 112 cm³/mol. The monoisotopic (exact) mass is 382 g/mol. The molecule has 0 aromatic heterocycles. The van der Waals surface area contributed by atoms with Crippen molar-refractivity contribution in [1.82, 2.24) is 0 Å². The molecule has 0 rings (SSSR count). The van der Waals surface area contributed by atoms with Crippen LogP contribution in [0.4, 0.5) is 0 Å². The minimum absolute atomic E-state index is 0.270. The molecule has 0 aliphatic heterocycles. The van der Waals surface area contributed by atoms with Gasteiger partial charge in [0.15, 0.2) is 0 Å². The highest BCUT2D eigenvalue weighted by Gasteiger charge is 2.23. The van der Waals surface area contributed by atoms with Crippen molar-refractivity contribution in [3.63, 3.8) is 0 Å². The Morgan fingerprint density at radius 1 is 0.630 bits per heavy atom. The molecule has 0 N–H and O–H groups in total. The second kappa shape index (κ2) is 15.7. The van der Waals surface area contributed by atoms with E-state index in [1.54, 1.807) is 0 Å². The van der Waals surface area contributed by atoms with Crippen LogP contribution in [0.3, 0.4) is 0 Å². The summed E-state index contributed by atoms with van der Waals surface area (Å²) in [5.74, 6) is -0.140. The van der Waals surface area contributed by atoms with Crippen molar-refractivity contribution in [2.75, 3.05) is 13.2 Å². The Kier molecular flexibility index (Phi) is 14.9. The average molecular weight is 383 g/mol. The highest BCUT2D eigenvalue weighted by atomic mass is 16.5. The minimum atomic E-state index is -0.341. The van der Waals surface area contributed by atoms with Gasteiger partial charge in [-0.1, -0.05) is 73.6 Å². The third kappa shape index (κ3) is 12.6. The lowest BCUT2D eigenvalue weighted by Crippen LogP contribution is -2.20. The molecule has 27 heavy (non-hydrogen) atoms. The zero-order chi connectivity index (χ0) is 20.7. The molecule has 0 radical (unpaired) electrons. The first-order valence-corrected chi connectivity index (χ1v) is 10.9. The molecule has 0 fully saturated rings. The molecule has 0 amide bonds. The summed E-state index contributed by atoms with van der Waals surface area (Å²) < 4.78 is 11.0. The Bertz CT molecular complexity index is 449. The summed E-state index contributed by atoms with van der Waals surface area (Å²) in [5, 5.41) is 0. The highest BCUT2D eigenvalue weighted by molar-refractivity contribution is 6.00. The Morgan fingerprint density at radius 3 is 1.37 bits per heavy atom. The van der Waals surface area contributed by atoms with Crippen molar-refractivity contribution in [1.29, 1.82) is 0 Å². The molecule has 0 unspecified atom stereocenters. The minimum Gasteiger partial charge on any atom is -0.462 e. The molecule has 0 aliphatic rings. The van der Waals surface area contributed by atoms with Crippen molar-refractivity contribution in [3.05, 3.63) is 11.1 Å². The van der Waals surface area contributed by atoms with Crippen LogP contribution < -0.4 is 0 Å². The summed E-state index contributed by atoms with van der Waals surface area (Å²) in [6, 6.07) is 0. The molecule has 0 spiro atoms. The van der Waals surface area contributed by atoms with E-state index in [-0.39, 0.29) is 23.8 Å². The number of hydrogen-bond acceptors (Lipinski definition) is 4. The lowest BCUT2D eigenvalue weighted by atomic mass is 9.96. The lowest BCUT2D eigenvalue weighted by Gasteiger charge is -2.16. The third-order valence-electron chi connectivity index (χ3n) is 4.26. The van der Waals surface area contributed by atoms with Crippen LogP contribution in [-0.4, -0.2) is 25.2 Å². The summed E-state index contributed by atoms with van der Waals surface area (Å²) in [7, 11) is 0. The molecule has 0 aromatic carbocycles. The van der Waals surface area contributed by atoms with Gasteiger partial charge >= 0.3 is 11.9 Å². The summed E-state index contributed by atoms with van der Waals surface area (Å²) in [6.07, 6.45) is 8.39. The van der Waals surface area contributed by atoms with Gasteiger partial charge in [-0.2, -0.15) is 0 Å². The number of rotatable bonds is 15. The van der Waals surface area contributed by atoms with Crippen molar-refractivity contribution in [2.45, 2.75) is 99.3 Å². The van der Waals surface area contributed by atoms with E-state index in [1.807, 2.05) is 27.7 Å². The predicted octanol–water partition coefficient (Wildman–Crippen LogP) is 6.23. The largest absolute Gasteiger partial charge is 0.462 e. The SMILES string of the molecule is CCCCCC/C(C(=O)OCC(C)C)=C(\CCCCC)C(=O)OCC(C)C. The number of esters is 2. The van der Waals surface area contributed by atoms with Gasteiger partial charge in [-0.25, -0.2) is 9.59 Å². The average Bonchev–Trinajstić information content (AvgIpc) is 2.62. The fourth-order valence-corrected chi connectivity index (χ4v) is 2.69. The van der Waals surface area contributed by atoms with E-state index >= 15 is 0 Å². The molecular formula is C23H42O4. The molecule has 0 aliphatic carbocycles. The molecule has 0 saturated heterocycles. The maximum Gasteiger partial charge on any atom is 0.334 e. The van der Waals surface area contributed by atoms with Gasteiger partial charge in [-0.05, 0) is 37.5 Å². The van der Waals surface area contributed by atoms with E-state index in [1.165, 1.54) is 0 Å². The van der Waals surface area contributed by atoms with Gasteiger partial charge in [0, 0.05) is 11.1 Å². The van der Waals surface area contributed by atoms with Gasteiger partial charge in [-0.3, -0.25) is 0 Å². The maximum absolute atomic E-state index is 12.7. The Balaban J connectivity index is 5.46. The Morgan fingerprint density at radius 2 is 1.00 bits per heavy atom. The van der Waals surface area contributed by atoms with Gasteiger partial charge in [0.05, 0.1) is 13.2 Å². The van der Waals surface area contributed by atoms with E-state index in [9.17, 15) is 9.59 Å². The van der Waals surface area contributed by atoms with Crippen LogP contribution in [-0.2, 0) is 19.1 Å². The third-order valence-corrected chi connectivity index (χ3v) is 4.26. The van der Waals surface area contributed by atoms with E-state index in [0.29, 0.717) is 37.2 Å². The van der Waals surface area contributed by atoms with Crippen LogP contribution in [0.15, 0.2) is 11.1 Å². The number of carbonyl (C=O) groups is 2. The summed E-state index contributed by atoms with van der Waals surface area (Å²) in [5.41, 5.74) is 1.07. The standard InChI is InChI=1S/C23H42O4/c1-7-9-11-13-15-21(23(25)27-17-19(5)6)20(14-12-10-8-2)22(24)26-16-18(3)4/h18-19H,7-17H2,1-6H3/b21-20-. The van der Waals surface area contributed by atoms with Crippen molar-refractivity contribution in [2.24, 2.45) is 11.8 Å². The van der Waals surface area contributed by atoms with Crippen LogP contribution in [0.2, 0.25) is 0 Å². The molecule has 0 heterocycles. The van der Waals surface area contributed by atoms with Crippen molar-refractivity contribution in [3.8, 4) is 0 Å². The molecule has 4 heteroatoms. The molecule has 0 aromatic rings. The first-order chi connectivity index (χ1) is 12.8. The van der Waals surface area contributed by atoms with Crippen LogP contribution >= 0.6 is 0 Å². The van der Waals surface area contributed by atoms with Crippen LogP contribution in [0, 0.1) is 11.8 Å². The van der Waals surface area contributed by atoms with Crippen molar-refractivity contribution >= 4 is 11.9 Å². The molecule has 158 valence electrons. The maximum atomic E-state index is 12.7. The second-order valence-corrected chi connectivity index (χ2v) is 8.21. The number of hydrogen-bond donors (Lipinski definition) is 0. The summed E-state index contributed by atoms with van der Waals surface area (Å²) in [4.78, 5) is 25.5. The smallest absolute Gasteiger partial charge is 0.334 e. The molecule has 0 atom stereocenters. The summed E-state index contributed by atoms with van der Waals surface area (Å²) >= 11 is 0. The Hall–Kier alpha value is -1.32. The number of ether oxygens (including phenoxy) is 2. The van der Waals surface area contributed by atoms with E-state index in [0.717, 1.165) is 44.9 Å². The van der Waals surface area contributed by atoms with Gasteiger partial charge in [0.1, 0.15) is 0 Å². The number of carbonyl (C=O) groups excluding carboxylic acids is 2. The second-order valence-electron chi connectivity index (χ2n) is 8.21. The van der Waals surface area contributed by atoms with Gasteiger partial charge < -0.3 is 9.47 Å². The molecular weight excluding hydrogens is 340 g/mol. The fourth-order valence-electron chi connectivity index (χ4n) is 2.69. The molecule has 0 bridgehead atoms. The van der Waals surface area contributed by atoms with E-state index in [2.05, 4.69) is 13.8 Å². The first kappa shape index (κ1) is 25.7. The van der Waals surface area contributed by atoms with E-state index in [4.69, 9.17) is 9.47 Å².